The molecule has 6 aliphatic rings. The molecule has 0 aliphatic heterocycles. The lowest BCUT2D eigenvalue weighted by atomic mass is 9.48. The minimum Gasteiger partial charge on any atom is -0.294 e. The summed E-state index contributed by atoms with van der Waals surface area (Å²) in [5, 5.41) is 0.277. The largest absolute Gasteiger partial charge is 0.294 e. The van der Waals surface area contributed by atoms with Crippen LogP contribution in [0.25, 0.3) is 0 Å². The summed E-state index contributed by atoms with van der Waals surface area (Å²) in [6.07, 6.45) is 6.56. The van der Waals surface area contributed by atoms with E-state index in [0.717, 1.165) is 0 Å². The summed E-state index contributed by atoms with van der Waals surface area (Å²) in [4.78, 5) is 22.3. The Labute approximate surface area is 174 Å². The second-order valence-electron chi connectivity index (χ2n) is 7.41. The molecule has 132 valence electrons. The number of halogens is 6. The van der Waals surface area contributed by atoms with Crippen molar-refractivity contribution in [2.45, 2.75) is 14.1 Å². The molecule has 0 N–H and O–H groups in total. The van der Waals surface area contributed by atoms with Crippen LogP contribution in [0.2, 0.25) is 0 Å². The van der Waals surface area contributed by atoms with Crippen molar-refractivity contribution in [3.8, 4) is 0 Å². The Hall–Kier alpha value is 0.300. The van der Waals surface area contributed by atoms with E-state index in [1.807, 2.05) is 12.2 Å². The van der Waals surface area contributed by atoms with Crippen LogP contribution in [0.1, 0.15) is 0 Å². The van der Waals surface area contributed by atoms with E-state index in [-0.39, 0.29) is 45.3 Å². The number of fused-ring (bicyclic) bond motifs is 2. The van der Waals surface area contributed by atoms with E-state index in [0.29, 0.717) is 0 Å². The maximum Gasteiger partial charge on any atom is 0.166 e. The number of carbonyl (C=O) groups excluding carboxylic acids is 2. The smallest absolute Gasteiger partial charge is 0.166 e. The van der Waals surface area contributed by atoms with Gasteiger partial charge in [0.2, 0.25) is 0 Å². The highest BCUT2D eigenvalue weighted by Gasteiger charge is 2.86. The van der Waals surface area contributed by atoms with Crippen LogP contribution in [-0.2, 0) is 9.59 Å². The van der Waals surface area contributed by atoms with Crippen molar-refractivity contribution < 1.29 is 9.59 Å². The average Bonchev–Trinajstić information content (AvgIpc) is 2.80. The van der Waals surface area contributed by atoms with Gasteiger partial charge in [-0.1, -0.05) is 58.6 Å². The molecule has 2 nitrogen and oxygen atoms in total. The van der Waals surface area contributed by atoms with Gasteiger partial charge >= 0.3 is 0 Å². The van der Waals surface area contributed by atoms with Crippen LogP contribution in [-0.4, -0.2) is 25.6 Å². The first-order valence-electron chi connectivity index (χ1n) is 7.86. The molecular weight excluding hydrogens is 449 g/mol. The third kappa shape index (κ3) is 1.55. The van der Waals surface area contributed by atoms with E-state index < -0.39 is 25.9 Å². The van der Waals surface area contributed by atoms with Gasteiger partial charge in [-0.15, -0.1) is 23.2 Å². The van der Waals surface area contributed by atoms with Gasteiger partial charge in [0.25, 0.3) is 0 Å². The quantitative estimate of drug-likeness (QED) is 0.385. The first-order chi connectivity index (χ1) is 11.6. The average molecular weight is 459 g/mol. The van der Waals surface area contributed by atoms with Crippen LogP contribution in [0.5, 0.6) is 0 Å². The Bertz CT molecular complexity index is 780. The van der Waals surface area contributed by atoms with Crippen molar-refractivity contribution >= 4 is 81.2 Å². The van der Waals surface area contributed by atoms with Gasteiger partial charge in [-0.2, -0.15) is 0 Å². The summed E-state index contributed by atoms with van der Waals surface area (Å²) >= 11 is 40.1. The summed E-state index contributed by atoms with van der Waals surface area (Å²) in [5.74, 6) is -2.56. The number of hydrogen-bond acceptors (Lipinski definition) is 2. The molecule has 8 atom stereocenters. The maximum absolute atomic E-state index is 12.6. The molecule has 0 spiro atoms. The zero-order valence-electron chi connectivity index (χ0n) is 12.4. The van der Waals surface area contributed by atoms with Crippen molar-refractivity contribution in [1.82, 2.24) is 0 Å². The summed E-state index contributed by atoms with van der Waals surface area (Å²) < 4.78 is -1.65. The minimum atomic E-state index is -1.65. The number of ketones is 2. The van der Waals surface area contributed by atoms with Crippen LogP contribution in [0.3, 0.4) is 0 Å². The number of hydrogen-bond donors (Lipinski definition) is 0. The summed E-state index contributed by atoms with van der Waals surface area (Å²) in [5.41, 5.74) is 0. The van der Waals surface area contributed by atoms with Crippen LogP contribution in [0.4, 0.5) is 0 Å². The Morgan fingerprint density at radius 1 is 0.720 bits per heavy atom. The molecule has 4 bridgehead atoms. The molecule has 2 fully saturated rings. The van der Waals surface area contributed by atoms with Gasteiger partial charge in [0, 0.05) is 11.8 Å². The number of allylic oxidation sites excluding steroid dienone is 6. The summed E-state index contributed by atoms with van der Waals surface area (Å²) in [6.45, 7) is 0. The van der Waals surface area contributed by atoms with Crippen molar-refractivity contribution in [1.29, 1.82) is 0 Å². The Balaban J connectivity index is 1.79. The lowest BCUT2D eigenvalue weighted by molar-refractivity contribution is -0.139. The first-order valence-corrected chi connectivity index (χ1v) is 10.1. The van der Waals surface area contributed by atoms with Gasteiger partial charge in [0.1, 0.15) is 9.75 Å². The molecule has 0 radical (unpaired) electrons. The first kappa shape index (κ1) is 17.4. The molecule has 0 aromatic rings. The van der Waals surface area contributed by atoms with Crippen molar-refractivity contribution in [2.75, 3.05) is 0 Å². The molecule has 0 heterocycles. The fraction of sp³-hybridized carbons (Fsp3) is 0.529. The highest BCUT2D eigenvalue weighted by Crippen LogP contribution is 2.81. The molecule has 0 aromatic carbocycles. The third-order valence-corrected chi connectivity index (χ3v) is 11.0. The highest BCUT2D eigenvalue weighted by molar-refractivity contribution is 6.65. The monoisotopic (exact) mass is 456 g/mol. The molecule has 5 unspecified atom stereocenters. The van der Waals surface area contributed by atoms with Crippen LogP contribution in [0, 0.1) is 35.5 Å². The van der Waals surface area contributed by atoms with E-state index in [1.54, 1.807) is 0 Å². The lowest BCUT2D eigenvalue weighted by Gasteiger charge is -2.56. The van der Waals surface area contributed by atoms with E-state index in [1.165, 1.54) is 12.2 Å². The number of alkyl halides is 4. The molecule has 6 aliphatic carbocycles. The molecule has 8 heteroatoms. The summed E-state index contributed by atoms with van der Waals surface area (Å²) in [6, 6.07) is 0. The topological polar surface area (TPSA) is 34.1 Å². The predicted molar refractivity (Wildman–Crippen MR) is 99.6 cm³/mol. The van der Waals surface area contributed by atoms with E-state index >= 15 is 0 Å². The molecule has 6 rings (SSSR count). The predicted octanol–water partition coefficient (Wildman–Crippen LogP) is 4.82. The lowest BCUT2D eigenvalue weighted by Crippen LogP contribution is -2.59. The Morgan fingerprint density at radius 2 is 1.08 bits per heavy atom. The molecule has 0 amide bonds. The third-order valence-electron chi connectivity index (χ3n) is 6.72. The fourth-order valence-corrected chi connectivity index (χ4v) is 8.96. The van der Waals surface area contributed by atoms with Gasteiger partial charge in [0.15, 0.2) is 15.9 Å². The van der Waals surface area contributed by atoms with E-state index in [9.17, 15) is 9.59 Å². The van der Waals surface area contributed by atoms with Crippen molar-refractivity contribution in [3.05, 3.63) is 34.4 Å². The van der Waals surface area contributed by atoms with Crippen LogP contribution < -0.4 is 0 Å². The van der Waals surface area contributed by atoms with Crippen molar-refractivity contribution in [2.24, 2.45) is 35.5 Å². The Kier molecular flexibility index (Phi) is 3.36. The van der Waals surface area contributed by atoms with Crippen LogP contribution >= 0.6 is 69.6 Å². The second-order valence-corrected chi connectivity index (χ2v) is 10.7. The fourth-order valence-electron chi connectivity index (χ4n) is 5.86. The van der Waals surface area contributed by atoms with E-state index in [2.05, 4.69) is 0 Å². The summed E-state index contributed by atoms with van der Waals surface area (Å²) in [7, 11) is 0. The number of carbonyl (C=O) groups is 2. The van der Waals surface area contributed by atoms with Gasteiger partial charge in [-0.3, -0.25) is 9.59 Å². The van der Waals surface area contributed by atoms with Gasteiger partial charge in [0.05, 0.1) is 10.1 Å². The van der Waals surface area contributed by atoms with E-state index in [4.69, 9.17) is 69.6 Å². The van der Waals surface area contributed by atoms with Gasteiger partial charge < -0.3 is 0 Å². The SMILES string of the molecule is O=C1C=CC(=O)[C@H]2C3C=CC(C4C3C3(Cl)C(Cl)=C(Cl)[C@]4(Cl)C3(Cl)Cl)[C@@H]12. The zero-order chi connectivity index (χ0) is 18.1. The number of rotatable bonds is 0. The highest BCUT2D eigenvalue weighted by atomic mass is 35.5. The van der Waals surface area contributed by atoms with Crippen LogP contribution in [0.15, 0.2) is 34.4 Å². The van der Waals surface area contributed by atoms with Gasteiger partial charge in [-0.05, 0) is 35.8 Å². The Morgan fingerprint density at radius 3 is 1.44 bits per heavy atom. The van der Waals surface area contributed by atoms with Crippen molar-refractivity contribution in [3.63, 3.8) is 0 Å². The second kappa shape index (κ2) is 4.82. The molecule has 0 saturated heterocycles. The van der Waals surface area contributed by atoms with Gasteiger partial charge in [-0.25, -0.2) is 0 Å². The zero-order valence-corrected chi connectivity index (χ0v) is 16.9. The minimum absolute atomic E-state index is 0.0880. The maximum atomic E-state index is 12.6. The molecule has 25 heavy (non-hydrogen) atoms. The standard InChI is InChI=1S/C17H10Cl6O2/c18-13-14(19)16(21)12-6-2-1-5(11(12)15(13,20)17(16,22)23)9-7(24)3-4-8(25)10(6)9/h1-6,9-12H/t5?,6?,9-,10+,11?,12?,15-,16?/m0/s1. The normalized spacial score (nSPS) is 54.3. The molecular formula is C17H10Cl6O2. The molecule has 2 saturated carbocycles. The molecule has 0 aromatic heterocycles.